The van der Waals surface area contributed by atoms with Crippen LogP contribution in [0, 0.1) is 5.82 Å². The molecule has 1 fully saturated rings. The summed E-state index contributed by atoms with van der Waals surface area (Å²) in [7, 11) is 1.52. The number of carbonyl (C=O) groups is 2. The van der Waals surface area contributed by atoms with Crippen LogP contribution in [-0.2, 0) is 11.3 Å². The minimum atomic E-state index is -0.281. The average molecular weight is 516 g/mol. The van der Waals surface area contributed by atoms with E-state index >= 15 is 0 Å². The van der Waals surface area contributed by atoms with Crippen molar-refractivity contribution < 1.29 is 18.7 Å². The molecular formula is C27H26FN7O3. The smallest absolute Gasteiger partial charge is 0.259 e. The predicted molar refractivity (Wildman–Crippen MR) is 139 cm³/mol. The van der Waals surface area contributed by atoms with E-state index in [0.29, 0.717) is 54.6 Å². The van der Waals surface area contributed by atoms with Crippen LogP contribution in [0.2, 0.25) is 0 Å². The Balaban J connectivity index is 1.15. The van der Waals surface area contributed by atoms with Gasteiger partial charge in [-0.1, -0.05) is 12.1 Å². The molecular weight excluding hydrogens is 489 g/mol. The molecule has 4 aromatic rings. The number of tetrazole rings is 1. The highest BCUT2D eigenvalue weighted by Gasteiger charge is 2.22. The molecule has 1 aliphatic rings. The number of methoxy groups -OCH3 is 1. The van der Waals surface area contributed by atoms with Crippen LogP contribution >= 0.6 is 0 Å². The van der Waals surface area contributed by atoms with Gasteiger partial charge in [-0.3, -0.25) is 9.59 Å². The topological polar surface area (TPSA) is 105 Å². The van der Waals surface area contributed by atoms with E-state index in [0.717, 1.165) is 5.69 Å². The van der Waals surface area contributed by atoms with E-state index in [1.165, 1.54) is 24.0 Å². The van der Waals surface area contributed by atoms with Crippen LogP contribution in [0.15, 0.2) is 72.8 Å². The molecule has 10 nitrogen and oxygen atoms in total. The van der Waals surface area contributed by atoms with Crippen LogP contribution in [0.3, 0.4) is 0 Å². The summed E-state index contributed by atoms with van der Waals surface area (Å²) >= 11 is 0. The van der Waals surface area contributed by atoms with E-state index in [-0.39, 0.29) is 24.2 Å². The van der Waals surface area contributed by atoms with Gasteiger partial charge in [0, 0.05) is 43.1 Å². The van der Waals surface area contributed by atoms with Crippen molar-refractivity contribution in [1.29, 1.82) is 0 Å². The SMILES string of the molecule is COc1ccccc1C(=O)Nc1ccc(-c2nnn(CC(=O)N3CCN(c4ccc(F)cc4)CC3)n2)cc1. The molecule has 1 aliphatic heterocycles. The van der Waals surface area contributed by atoms with Crippen molar-refractivity contribution in [2.75, 3.05) is 43.5 Å². The number of piperazine rings is 1. The number of carbonyl (C=O) groups excluding carboxylic acids is 2. The Morgan fingerprint density at radius 2 is 1.66 bits per heavy atom. The highest BCUT2D eigenvalue weighted by Crippen LogP contribution is 2.21. The number of nitrogens with one attached hydrogen (secondary N) is 1. The maximum absolute atomic E-state index is 13.2. The van der Waals surface area contributed by atoms with Crippen molar-refractivity contribution in [1.82, 2.24) is 25.1 Å². The minimum absolute atomic E-state index is 0.0173. The zero-order chi connectivity index (χ0) is 26.5. The van der Waals surface area contributed by atoms with Gasteiger partial charge >= 0.3 is 0 Å². The second kappa shape index (κ2) is 11.1. The molecule has 3 aromatic carbocycles. The van der Waals surface area contributed by atoms with Crippen LogP contribution in [0.1, 0.15) is 10.4 Å². The van der Waals surface area contributed by atoms with Crippen molar-refractivity contribution >= 4 is 23.2 Å². The Kier molecular flexibility index (Phi) is 7.25. The summed E-state index contributed by atoms with van der Waals surface area (Å²) in [6, 6.07) is 20.4. The summed E-state index contributed by atoms with van der Waals surface area (Å²) in [5, 5.41) is 15.3. The maximum Gasteiger partial charge on any atom is 0.259 e. The van der Waals surface area contributed by atoms with Crippen LogP contribution in [-0.4, -0.2) is 70.2 Å². The monoisotopic (exact) mass is 515 g/mol. The standard InChI is InChI=1S/C27H26FN7O3/c1-38-24-5-3-2-4-23(24)27(37)29-21-10-6-19(7-11-21)26-30-32-35(31-26)18-25(36)34-16-14-33(15-17-34)22-12-8-20(28)9-13-22/h2-13H,14-18H2,1H3,(H,29,37). The fourth-order valence-corrected chi connectivity index (χ4v) is 4.25. The van der Waals surface area contributed by atoms with Crippen molar-refractivity contribution in [2.45, 2.75) is 6.54 Å². The quantitative estimate of drug-likeness (QED) is 0.403. The third kappa shape index (κ3) is 5.61. The van der Waals surface area contributed by atoms with Crippen molar-refractivity contribution in [3.05, 3.63) is 84.2 Å². The van der Waals surface area contributed by atoms with Crippen LogP contribution < -0.4 is 15.0 Å². The molecule has 0 radical (unpaired) electrons. The number of benzene rings is 3. The number of para-hydroxylation sites is 1. The molecule has 1 N–H and O–H groups in total. The molecule has 194 valence electrons. The van der Waals surface area contributed by atoms with Gasteiger partial charge in [-0.2, -0.15) is 4.80 Å². The molecule has 0 atom stereocenters. The molecule has 2 heterocycles. The average Bonchev–Trinajstić information content (AvgIpc) is 3.42. The lowest BCUT2D eigenvalue weighted by atomic mass is 10.1. The molecule has 0 spiro atoms. The first kappa shape index (κ1) is 24.9. The van der Waals surface area contributed by atoms with Gasteiger partial charge < -0.3 is 19.9 Å². The fraction of sp³-hybridized carbons (Fsp3) is 0.222. The number of ether oxygens (including phenoxy) is 1. The number of anilines is 2. The zero-order valence-corrected chi connectivity index (χ0v) is 20.7. The van der Waals surface area contributed by atoms with Gasteiger partial charge in [0.05, 0.1) is 12.7 Å². The van der Waals surface area contributed by atoms with Crippen molar-refractivity contribution in [2.24, 2.45) is 0 Å². The summed E-state index contributed by atoms with van der Waals surface area (Å²) in [4.78, 5) is 30.6. The van der Waals surface area contributed by atoms with Gasteiger partial charge in [-0.25, -0.2) is 4.39 Å². The lowest BCUT2D eigenvalue weighted by molar-refractivity contribution is -0.132. The summed E-state index contributed by atoms with van der Waals surface area (Å²) in [6.07, 6.45) is 0. The van der Waals surface area contributed by atoms with Crippen molar-refractivity contribution in [3.63, 3.8) is 0 Å². The van der Waals surface area contributed by atoms with Gasteiger partial charge in [0.25, 0.3) is 5.91 Å². The maximum atomic E-state index is 13.2. The second-order valence-electron chi connectivity index (χ2n) is 8.72. The summed E-state index contributed by atoms with van der Waals surface area (Å²) in [5.74, 6) is 0.223. The first-order valence-corrected chi connectivity index (χ1v) is 12.1. The Labute approximate surface area is 218 Å². The highest BCUT2D eigenvalue weighted by molar-refractivity contribution is 6.06. The lowest BCUT2D eigenvalue weighted by Crippen LogP contribution is -2.49. The second-order valence-corrected chi connectivity index (χ2v) is 8.72. The van der Waals surface area contributed by atoms with E-state index in [2.05, 4.69) is 25.6 Å². The number of hydrogen-bond acceptors (Lipinski definition) is 7. The van der Waals surface area contributed by atoms with Crippen molar-refractivity contribution in [3.8, 4) is 17.1 Å². The first-order valence-electron chi connectivity index (χ1n) is 12.1. The molecule has 38 heavy (non-hydrogen) atoms. The third-order valence-corrected chi connectivity index (χ3v) is 6.31. The van der Waals surface area contributed by atoms with Crippen LogP contribution in [0.5, 0.6) is 5.75 Å². The summed E-state index contributed by atoms with van der Waals surface area (Å²) < 4.78 is 18.4. The molecule has 2 amide bonds. The van der Waals surface area contributed by atoms with E-state index < -0.39 is 0 Å². The van der Waals surface area contributed by atoms with E-state index in [1.807, 2.05) is 0 Å². The Bertz CT molecular complexity index is 1420. The molecule has 0 aliphatic carbocycles. The van der Waals surface area contributed by atoms with Gasteiger partial charge in [-0.05, 0) is 65.9 Å². The summed E-state index contributed by atoms with van der Waals surface area (Å²) in [5.41, 5.74) is 2.68. The van der Waals surface area contributed by atoms with Gasteiger partial charge in [0.2, 0.25) is 11.7 Å². The zero-order valence-electron chi connectivity index (χ0n) is 20.7. The normalized spacial score (nSPS) is 13.3. The Morgan fingerprint density at radius 3 is 2.37 bits per heavy atom. The number of aromatic nitrogens is 4. The molecule has 0 saturated carbocycles. The number of nitrogens with zero attached hydrogens (tertiary/aromatic N) is 6. The third-order valence-electron chi connectivity index (χ3n) is 6.31. The summed E-state index contributed by atoms with van der Waals surface area (Å²) in [6.45, 7) is 2.41. The van der Waals surface area contributed by atoms with Gasteiger partial charge in [-0.15, -0.1) is 10.2 Å². The van der Waals surface area contributed by atoms with Crippen LogP contribution in [0.25, 0.3) is 11.4 Å². The predicted octanol–water partition coefficient (Wildman–Crippen LogP) is 3.09. The molecule has 1 saturated heterocycles. The fourth-order valence-electron chi connectivity index (χ4n) is 4.25. The number of hydrogen-bond donors (Lipinski definition) is 1. The number of rotatable bonds is 7. The number of amides is 2. The molecule has 0 unspecified atom stereocenters. The largest absolute Gasteiger partial charge is 0.496 e. The van der Waals surface area contributed by atoms with E-state index in [4.69, 9.17) is 4.74 Å². The molecule has 0 bridgehead atoms. The highest BCUT2D eigenvalue weighted by atomic mass is 19.1. The number of halogens is 1. The molecule has 1 aromatic heterocycles. The Hall–Kier alpha value is -4.80. The van der Waals surface area contributed by atoms with E-state index in [1.54, 1.807) is 65.6 Å². The Morgan fingerprint density at radius 1 is 0.947 bits per heavy atom. The van der Waals surface area contributed by atoms with Gasteiger partial charge in [0.15, 0.2) is 0 Å². The van der Waals surface area contributed by atoms with Gasteiger partial charge in [0.1, 0.15) is 18.1 Å². The molecule has 5 rings (SSSR count). The molecule has 11 heteroatoms. The minimum Gasteiger partial charge on any atom is -0.496 e. The van der Waals surface area contributed by atoms with E-state index in [9.17, 15) is 14.0 Å². The van der Waals surface area contributed by atoms with Crippen LogP contribution in [0.4, 0.5) is 15.8 Å². The first-order chi connectivity index (χ1) is 18.5. The lowest BCUT2D eigenvalue weighted by Gasteiger charge is -2.36.